The van der Waals surface area contributed by atoms with E-state index in [2.05, 4.69) is 65.6 Å². The summed E-state index contributed by atoms with van der Waals surface area (Å²) in [6.45, 7) is 0. The Bertz CT molecular complexity index is 3030. The van der Waals surface area contributed by atoms with Crippen molar-refractivity contribution in [3.05, 3.63) is 158 Å². The number of nitrogens with zero attached hydrogens (tertiary/aromatic N) is 4. The molecule has 0 aliphatic rings. The van der Waals surface area contributed by atoms with Crippen molar-refractivity contribution < 1.29 is 13.3 Å². The SMILES string of the molecule is c1ccc(N(c2ccc3c(c2)oc2ccccc23)c2nc(-c3ccc4oc5ccccc5c4c3)nc(-c3ccc4oc5ccccc5c4c3)n2)cc1. The average molecular weight is 671 g/mol. The first-order valence-corrected chi connectivity index (χ1v) is 17.1. The molecule has 0 atom stereocenters. The number of hydrogen-bond donors (Lipinski definition) is 0. The number of anilines is 3. The van der Waals surface area contributed by atoms with Crippen LogP contribution in [0.5, 0.6) is 0 Å². The van der Waals surface area contributed by atoms with Crippen molar-refractivity contribution in [2.24, 2.45) is 0 Å². The second-order valence-electron chi connectivity index (χ2n) is 12.9. The first-order chi connectivity index (χ1) is 25.7. The third kappa shape index (κ3) is 4.50. The lowest BCUT2D eigenvalue weighted by Crippen LogP contribution is -2.15. The Morgan fingerprint density at radius 3 is 1.37 bits per heavy atom. The largest absolute Gasteiger partial charge is 0.456 e. The molecule has 0 aliphatic carbocycles. The summed E-state index contributed by atoms with van der Waals surface area (Å²) in [6.07, 6.45) is 0. The molecule has 0 fully saturated rings. The maximum absolute atomic E-state index is 6.34. The first kappa shape index (κ1) is 28.6. The summed E-state index contributed by atoms with van der Waals surface area (Å²) in [4.78, 5) is 17.6. The van der Waals surface area contributed by atoms with E-state index >= 15 is 0 Å². The van der Waals surface area contributed by atoms with Gasteiger partial charge in [-0.15, -0.1) is 0 Å². The van der Waals surface area contributed by atoms with Crippen molar-refractivity contribution in [1.29, 1.82) is 0 Å². The van der Waals surface area contributed by atoms with Crippen molar-refractivity contribution in [2.45, 2.75) is 0 Å². The van der Waals surface area contributed by atoms with Crippen LogP contribution in [0.1, 0.15) is 0 Å². The topological polar surface area (TPSA) is 81.3 Å². The van der Waals surface area contributed by atoms with Crippen molar-refractivity contribution in [2.75, 3.05) is 4.90 Å². The van der Waals surface area contributed by atoms with Crippen LogP contribution in [0.15, 0.2) is 171 Å². The highest BCUT2D eigenvalue weighted by atomic mass is 16.3. The minimum Gasteiger partial charge on any atom is -0.456 e. The van der Waals surface area contributed by atoms with Gasteiger partial charge in [-0.05, 0) is 78.9 Å². The van der Waals surface area contributed by atoms with Gasteiger partial charge >= 0.3 is 0 Å². The van der Waals surface area contributed by atoms with E-state index in [4.69, 9.17) is 28.2 Å². The maximum Gasteiger partial charge on any atom is 0.238 e. The Morgan fingerprint density at radius 2 is 0.788 bits per heavy atom. The van der Waals surface area contributed by atoms with E-state index in [1.807, 2.05) is 97.1 Å². The molecule has 0 saturated heterocycles. The molecule has 0 aliphatic heterocycles. The van der Waals surface area contributed by atoms with Gasteiger partial charge in [0.05, 0.1) is 5.69 Å². The Labute approximate surface area is 296 Å². The van der Waals surface area contributed by atoms with Crippen molar-refractivity contribution in [3.8, 4) is 22.8 Å². The van der Waals surface area contributed by atoms with E-state index in [0.29, 0.717) is 17.6 Å². The van der Waals surface area contributed by atoms with Gasteiger partial charge in [0, 0.05) is 55.2 Å². The van der Waals surface area contributed by atoms with Gasteiger partial charge in [0.25, 0.3) is 0 Å². The summed E-state index contributed by atoms with van der Waals surface area (Å²) in [5, 5.41) is 6.19. The van der Waals surface area contributed by atoms with Gasteiger partial charge in [-0.3, -0.25) is 4.90 Å². The first-order valence-electron chi connectivity index (χ1n) is 17.1. The summed E-state index contributed by atoms with van der Waals surface area (Å²) in [7, 11) is 0. The Morgan fingerprint density at radius 1 is 0.327 bits per heavy atom. The summed E-state index contributed by atoms with van der Waals surface area (Å²) in [5.74, 6) is 1.54. The predicted octanol–water partition coefficient (Wildman–Crippen LogP) is 12.4. The Hall–Kier alpha value is -7.25. The lowest BCUT2D eigenvalue weighted by atomic mass is 10.1. The molecule has 0 spiro atoms. The van der Waals surface area contributed by atoms with E-state index in [1.165, 1.54) is 0 Å². The van der Waals surface area contributed by atoms with Crippen LogP contribution in [-0.4, -0.2) is 15.0 Å². The molecule has 7 heteroatoms. The highest BCUT2D eigenvalue weighted by Gasteiger charge is 2.22. The number of furan rings is 3. The number of rotatable bonds is 5. The van der Waals surface area contributed by atoms with Gasteiger partial charge in [0.1, 0.15) is 33.5 Å². The molecule has 11 aromatic rings. The van der Waals surface area contributed by atoms with E-state index < -0.39 is 0 Å². The molecular formula is C45H26N4O3. The van der Waals surface area contributed by atoms with E-state index in [-0.39, 0.29) is 0 Å². The van der Waals surface area contributed by atoms with Crippen molar-refractivity contribution in [3.63, 3.8) is 0 Å². The fourth-order valence-electron chi connectivity index (χ4n) is 7.26. The lowest BCUT2D eigenvalue weighted by Gasteiger charge is -2.24. The van der Waals surface area contributed by atoms with E-state index in [9.17, 15) is 0 Å². The fraction of sp³-hybridized carbons (Fsp3) is 0. The Kier molecular flexibility index (Phi) is 6.12. The second-order valence-corrected chi connectivity index (χ2v) is 12.9. The molecular weight excluding hydrogens is 645 g/mol. The van der Waals surface area contributed by atoms with Crippen LogP contribution in [0.2, 0.25) is 0 Å². The smallest absolute Gasteiger partial charge is 0.238 e. The zero-order valence-electron chi connectivity index (χ0n) is 27.5. The lowest BCUT2D eigenvalue weighted by molar-refractivity contribution is 0.668. The highest BCUT2D eigenvalue weighted by molar-refractivity contribution is 6.08. The third-order valence-corrected chi connectivity index (χ3v) is 9.73. The number of fused-ring (bicyclic) bond motifs is 9. The average Bonchev–Trinajstić information content (AvgIpc) is 3.89. The van der Waals surface area contributed by atoms with Crippen molar-refractivity contribution in [1.82, 2.24) is 15.0 Å². The molecule has 0 saturated carbocycles. The zero-order chi connectivity index (χ0) is 34.2. The van der Waals surface area contributed by atoms with Gasteiger partial charge < -0.3 is 13.3 Å². The molecule has 4 heterocycles. The number of para-hydroxylation sites is 4. The monoisotopic (exact) mass is 670 g/mol. The molecule has 7 nitrogen and oxygen atoms in total. The summed E-state index contributed by atoms with van der Waals surface area (Å²) >= 11 is 0. The normalized spacial score (nSPS) is 11.8. The van der Waals surface area contributed by atoms with Crippen LogP contribution >= 0.6 is 0 Å². The highest BCUT2D eigenvalue weighted by Crippen LogP contribution is 2.39. The van der Waals surface area contributed by atoms with Crippen LogP contribution in [0.4, 0.5) is 17.3 Å². The van der Waals surface area contributed by atoms with Crippen LogP contribution in [0, 0.1) is 0 Å². The predicted molar refractivity (Wildman–Crippen MR) is 207 cm³/mol. The minimum atomic E-state index is 0.468. The number of benzene rings is 7. The molecule has 0 radical (unpaired) electrons. The molecule has 244 valence electrons. The zero-order valence-corrected chi connectivity index (χ0v) is 27.5. The molecule has 0 N–H and O–H groups in total. The standard InChI is InChI=1S/C45H26N4O3/c1-2-10-29(11-3-1)49(30-20-21-34-31-12-4-7-15-37(31)52-42(34)26-30)45-47-43(27-18-22-40-35(24-27)32-13-5-8-16-38(32)50-40)46-44(48-45)28-19-23-41-36(25-28)33-14-6-9-17-39(33)51-41/h1-26H. The van der Waals surface area contributed by atoms with E-state index in [1.54, 1.807) is 0 Å². The van der Waals surface area contributed by atoms with Crippen LogP contribution < -0.4 is 4.90 Å². The molecule has 0 unspecified atom stereocenters. The Balaban J connectivity index is 1.16. The van der Waals surface area contributed by atoms with Gasteiger partial charge in [-0.1, -0.05) is 72.8 Å². The van der Waals surface area contributed by atoms with Gasteiger partial charge in [0.15, 0.2) is 11.6 Å². The van der Waals surface area contributed by atoms with Gasteiger partial charge in [-0.2, -0.15) is 9.97 Å². The molecule has 0 bridgehead atoms. The van der Waals surface area contributed by atoms with Gasteiger partial charge in [0.2, 0.25) is 5.95 Å². The maximum atomic E-state index is 6.34. The molecule has 11 rings (SSSR count). The molecule has 52 heavy (non-hydrogen) atoms. The molecule has 4 aromatic heterocycles. The van der Waals surface area contributed by atoms with Crippen LogP contribution in [0.3, 0.4) is 0 Å². The van der Waals surface area contributed by atoms with Gasteiger partial charge in [-0.25, -0.2) is 4.98 Å². The van der Waals surface area contributed by atoms with E-state index in [0.717, 1.165) is 88.3 Å². The summed E-state index contributed by atoms with van der Waals surface area (Å²) in [6, 6.07) is 52.8. The van der Waals surface area contributed by atoms with Crippen LogP contribution in [0.25, 0.3) is 88.6 Å². The summed E-state index contributed by atoms with van der Waals surface area (Å²) in [5.41, 5.74) is 8.36. The molecule has 0 amide bonds. The second kappa shape index (κ2) is 11.1. The van der Waals surface area contributed by atoms with Crippen LogP contribution in [-0.2, 0) is 0 Å². The fourth-order valence-corrected chi connectivity index (χ4v) is 7.26. The molecule has 7 aromatic carbocycles. The number of hydrogen-bond acceptors (Lipinski definition) is 7. The van der Waals surface area contributed by atoms with Crippen molar-refractivity contribution >= 4 is 83.1 Å². The number of aromatic nitrogens is 3. The quantitative estimate of drug-likeness (QED) is 0.180. The third-order valence-electron chi connectivity index (χ3n) is 9.73. The minimum absolute atomic E-state index is 0.468. The summed E-state index contributed by atoms with van der Waals surface area (Å²) < 4.78 is 18.7.